The Morgan fingerprint density at radius 2 is 1.86 bits per heavy atom. The van der Waals surface area contributed by atoms with Crippen molar-refractivity contribution in [1.82, 2.24) is 5.32 Å². The Kier molecular flexibility index (Phi) is 5.93. The van der Waals surface area contributed by atoms with Gasteiger partial charge in [-0.15, -0.1) is 0 Å². The van der Waals surface area contributed by atoms with E-state index in [1.807, 2.05) is 18.2 Å². The normalized spacial score (nSPS) is 17.8. The van der Waals surface area contributed by atoms with E-state index in [-0.39, 0.29) is 11.9 Å². The molecule has 1 amide bonds. The molecule has 1 aliphatic carbocycles. The second-order valence-electron chi connectivity index (χ2n) is 7.64. The molecule has 0 spiro atoms. The van der Waals surface area contributed by atoms with Crippen LogP contribution in [0, 0.1) is 0 Å². The monoisotopic (exact) mass is 381 g/mol. The quantitative estimate of drug-likeness (QED) is 0.799. The SMILES string of the molecule is COc1ccc([C@H](CNC(=O)c2ccc3c(c2)CCC3)[NH+]2CCOCC2)cc1. The van der Waals surface area contributed by atoms with Crippen molar-refractivity contribution in [1.29, 1.82) is 0 Å². The lowest BCUT2D eigenvalue weighted by atomic mass is 10.0. The number of hydrogen-bond donors (Lipinski definition) is 2. The third-order valence-corrected chi connectivity index (χ3v) is 5.97. The van der Waals surface area contributed by atoms with Gasteiger partial charge >= 0.3 is 0 Å². The van der Waals surface area contributed by atoms with Crippen LogP contribution in [0.2, 0.25) is 0 Å². The van der Waals surface area contributed by atoms with E-state index in [4.69, 9.17) is 9.47 Å². The molecule has 0 radical (unpaired) electrons. The van der Waals surface area contributed by atoms with Crippen LogP contribution >= 0.6 is 0 Å². The Hall–Kier alpha value is -2.37. The van der Waals surface area contributed by atoms with Gasteiger partial charge < -0.3 is 19.7 Å². The van der Waals surface area contributed by atoms with E-state index in [1.165, 1.54) is 28.0 Å². The maximum atomic E-state index is 12.8. The maximum absolute atomic E-state index is 12.8. The number of carbonyl (C=O) groups is 1. The van der Waals surface area contributed by atoms with E-state index in [0.717, 1.165) is 50.5 Å². The minimum absolute atomic E-state index is 0.0147. The fourth-order valence-corrected chi connectivity index (χ4v) is 4.33. The van der Waals surface area contributed by atoms with Gasteiger partial charge in [0.15, 0.2) is 0 Å². The summed E-state index contributed by atoms with van der Waals surface area (Å²) in [6, 6.07) is 14.5. The van der Waals surface area contributed by atoms with Gasteiger partial charge in [-0.3, -0.25) is 4.79 Å². The van der Waals surface area contributed by atoms with Gasteiger partial charge in [-0.05, 0) is 66.8 Å². The Labute approximate surface area is 166 Å². The molecule has 5 nitrogen and oxygen atoms in total. The standard InChI is InChI=1S/C23H28N2O3/c1-27-21-9-7-18(8-10-21)22(25-11-13-28-14-12-25)16-24-23(26)20-6-5-17-3-2-4-19(17)15-20/h5-10,15,22H,2-4,11-14,16H2,1H3,(H,24,26)/p+1/t22-/m0/s1. The highest BCUT2D eigenvalue weighted by Crippen LogP contribution is 2.23. The van der Waals surface area contributed by atoms with Crippen molar-refractivity contribution in [3.8, 4) is 5.75 Å². The topological polar surface area (TPSA) is 52.0 Å². The summed E-state index contributed by atoms with van der Waals surface area (Å²) >= 11 is 0. The predicted molar refractivity (Wildman–Crippen MR) is 108 cm³/mol. The van der Waals surface area contributed by atoms with Gasteiger partial charge in [-0.1, -0.05) is 6.07 Å². The summed E-state index contributed by atoms with van der Waals surface area (Å²) in [6.45, 7) is 4.04. The van der Waals surface area contributed by atoms with Crippen molar-refractivity contribution < 1.29 is 19.2 Å². The molecule has 0 aromatic heterocycles. The average molecular weight is 381 g/mol. The van der Waals surface area contributed by atoms with Crippen LogP contribution in [0.3, 0.4) is 0 Å². The first-order chi connectivity index (χ1) is 13.7. The van der Waals surface area contributed by atoms with Crippen LogP contribution in [0.15, 0.2) is 42.5 Å². The van der Waals surface area contributed by atoms with Crippen molar-refractivity contribution in [2.24, 2.45) is 0 Å². The number of hydrogen-bond acceptors (Lipinski definition) is 3. The molecule has 2 aliphatic rings. The Bertz CT molecular complexity index is 813. The van der Waals surface area contributed by atoms with Crippen LogP contribution in [0.25, 0.3) is 0 Å². The van der Waals surface area contributed by atoms with Crippen molar-refractivity contribution in [3.63, 3.8) is 0 Å². The van der Waals surface area contributed by atoms with E-state index in [0.29, 0.717) is 6.54 Å². The van der Waals surface area contributed by atoms with E-state index in [2.05, 4.69) is 29.6 Å². The second-order valence-corrected chi connectivity index (χ2v) is 7.64. The van der Waals surface area contributed by atoms with Gasteiger partial charge in [-0.2, -0.15) is 0 Å². The van der Waals surface area contributed by atoms with Crippen LogP contribution in [0.5, 0.6) is 5.75 Å². The Balaban J connectivity index is 1.47. The number of carbonyl (C=O) groups excluding carboxylic acids is 1. The van der Waals surface area contributed by atoms with E-state index in [9.17, 15) is 4.79 Å². The minimum atomic E-state index is 0.0147. The molecule has 1 fully saturated rings. The first-order valence-electron chi connectivity index (χ1n) is 10.2. The highest BCUT2D eigenvalue weighted by atomic mass is 16.5. The summed E-state index contributed by atoms with van der Waals surface area (Å²) in [7, 11) is 1.68. The van der Waals surface area contributed by atoms with Crippen LogP contribution in [0.4, 0.5) is 0 Å². The Morgan fingerprint density at radius 3 is 2.61 bits per heavy atom. The number of rotatable bonds is 6. The summed E-state index contributed by atoms with van der Waals surface area (Å²) in [5, 5.41) is 3.18. The van der Waals surface area contributed by atoms with Gasteiger partial charge in [0.25, 0.3) is 5.91 Å². The third kappa shape index (κ3) is 4.21. The molecular weight excluding hydrogens is 352 g/mol. The minimum Gasteiger partial charge on any atom is -0.497 e. The number of fused-ring (bicyclic) bond motifs is 1. The maximum Gasteiger partial charge on any atom is 0.251 e. The van der Waals surface area contributed by atoms with Gasteiger partial charge in [-0.25, -0.2) is 0 Å². The number of amides is 1. The molecule has 0 saturated carbocycles. The molecular formula is C23H29N2O3+. The van der Waals surface area contributed by atoms with Crippen molar-refractivity contribution in [3.05, 3.63) is 64.7 Å². The molecule has 1 aliphatic heterocycles. The number of nitrogens with one attached hydrogen (secondary N) is 2. The summed E-state index contributed by atoms with van der Waals surface area (Å²) in [6.07, 6.45) is 3.42. The van der Waals surface area contributed by atoms with E-state index < -0.39 is 0 Å². The molecule has 0 bridgehead atoms. The predicted octanol–water partition coefficient (Wildman–Crippen LogP) is 1.57. The number of methoxy groups -OCH3 is 1. The molecule has 28 heavy (non-hydrogen) atoms. The van der Waals surface area contributed by atoms with Gasteiger partial charge in [0.1, 0.15) is 24.9 Å². The third-order valence-electron chi connectivity index (χ3n) is 5.97. The van der Waals surface area contributed by atoms with Crippen LogP contribution in [-0.4, -0.2) is 45.9 Å². The summed E-state index contributed by atoms with van der Waals surface area (Å²) < 4.78 is 10.8. The van der Waals surface area contributed by atoms with E-state index in [1.54, 1.807) is 7.11 Å². The molecule has 1 saturated heterocycles. The van der Waals surface area contributed by atoms with Crippen LogP contribution < -0.4 is 15.0 Å². The molecule has 4 rings (SSSR count). The number of aryl methyl sites for hydroxylation is 2. The summed E-state index contributed by atoms with van der Waals surface area (Å²) in [5.74, 6) is 0.863. The molecule has 148 valence electrons. The summed E-state index contributed by atoms with van der Waals surface area (Å²) in [4.78, 5) is 14.2. The van der Waals surface area contributed by atoms with Gasteiger partial charge in [0.2, 0.25) is 0 Å². The first kappa shape index (κ1) is 19.0. The van der Waals surface area contributed by atoms with Crippen molar-refractivity contribution in [2.45, 2.75) is 25.3 Å². The summed E-state index contributed by atoms with van der Waals surface area (Å²) in [5.41, 5.74) is 4.71. The molecule has 2 aromatic carbocycles. The number of morpholine rings is 1. The van der Waals surface area contributed by atoms with Crippen molar-refractivity contribution >= 4 is 5.91 Å². The molecule has 2 aromatic rings. The Morgan fingerprint density at radius 1 is 1.11 bits per heavy atom. The molecule has 1 atom stereocenters. The average Bonchev–Trinajstić information content (AvgIpc) is 3.23. The number of quaternary nitrogens is 1. The van der Waals surface area contributed by atoms with Crippen LogP contribution in [0.1, 0.15) is 39.5 Å². The molecule has 5 heteroatoms. The smallest absolute Gasteiger partial charge is 0.251 e. The fraction of sp³-hybridized carbons (Fsp3) is 0.435. The van der Waals surface area contributed by atoms with Gasteiger partial charge in [0.05, 0.1) is 26.9 Å². The second kappa shape index (κ2) is 8.76. The lowest BCUT2D eigenvalue weighted by molar-refractivity contribution is -0.937. The highest BCUT2D eigenvalue weighted by Gasteiger charge is 2.27. The zero-order valence-electron chi connectivity index (χ0n) is 16.5. The molecule has 0 unspecified atom stereocenters. The molecule has 2 N–H and O–H groups in total. The number of ether oxygens (including phenoxy) is 2. The zero-order valence-corrected chi connectivity index (χ0v) is 16.5. The molecule has 1 heterocycles. The van der Waals surface area contributed by atoms with Gasteiger partial charge in [0, 0.05) is 11.1 Å². The zero-order chi connectivity index (χ0) is 19.3. The number of benzene rings is 2. The first-order valence-corrected chi connectivity index (χ1v) is 10.2. The fourth-order valence-electron chi connectivity index (χ4n) is 4.33. The van der Waals surface area contributed by atoms with E-state index >= 15 is 0 Å². The largest absolute Gasteiger partial charge is 0.497 e. The lowest BCUT2D eigenvalue weighted by Gasteiger charge is -2.32. The lowest BCUT2D eigenvalue weighted by Crippen LogP contribution is -3.15. The van der Waals surface area contributed by atoms with Crippen molar-refractivity contribution in [2.75, 3.05) is 40.0 Å². The van der Waals surface area contributed by atoms with Crippen LogP contribution in [-0.2, 0) is 17.6 Å². The highest BCUT2D eigenvalue weighted by molar-refractivity contribution is 5.94.